The fraction of sp³-hybridized carbons (Fsp3) is 0.742. The third-order valence-corrected chi connectivity index (χ3v) is 11.6. The summed E-state index contributed by atoms with van der Waals surface area (Å²) in [6, 6.07) is 10.4. The van der Waals surface area contributed by atoms with Gasteiger partial charge in [-0.15, -0.1) is 0 Å². The standard InChI is InChI=1S/C31H44O3/c1-28-17-18-31(32,16-13-22-7-5-4-6-8-22)21-23(28)9-10-24-25-11-12-27(30(3)33-19-20-34-30)29(25,2)15-14-26(24)28/h4-8,13,16,23-27,32H,9-12,14-15,17-21H2,1-3H3/b16-13+/t23-,24-,25-,26-,27-,28-,29-,31+/m0/s1. The summed E-state index contributed by atoms with van der Waals surface area (Å²) in [5.74, 6) is 3.23. The van der Waals surface area contributed by atoms with Crippen LogP contribution in [0.15, 0.2) is 36.4 Å². The summed E-state index contributed by atoms with van der Waals surface area (Å²) >= 11 is 0. The van der Waals surface area contributed by atoms with Gasteiger partial charge in [-0.25, -0.2) is 0 Å². The Morgan fingerprint density at radius 2 is 1.56 bits per heavy atom. The van der Waals surface area contributed by atoms with Crippen molar-refractivity contribution in [1.82, 2.24) is 0 Å². The number of fused-ring (bicyclic) bond motifs is 5. The molecule has 0 amide bonds. The van der Waals surface area contributed by atoms with Crippen molar-refractivity contribution in [2.45, 2.75) is 89.9 Å². The van der Waals surface area contributed by atoms with Crippen molar-refractivity contribution < 1.29 is 14.6 Å². The van der Waals surface area contributed by atoms with Crippen LogP contribution in [0, 0.1) is 40.4 Å². The Balaban J connectivity index is 1.19. The van der Waals surface area contributed by atoms with Crippen LogP contribution in [0.5, 0.6) is 0 Å². The maximum atomic E-state index is 11.5. The first-order valence-electron chi connectivity index (χ1n) is 14.0. The summed E-state index contributed by atoms with van der Waals surface area (Å²) in [5.41, 5.74) is 1.25. The van der Waals surface area contributed by atoms with E-state index < -0.39 is 5.60 Å². The number of benzene rings is 1. The highest BCUT2D eigenvalue weighted by Crippen LogP contribution is 2.69. The molecule has 34 heavy (non-hydrogen) atoms. The average Bonchev–Trinajstić information content (AvgIpc) is 3.43. The lowest BCUT2D eigenvalue weighted by Crippen LogP contribution is -2.56. The molecule has 1 aliphatic heterocycles. The molecule has 1 aromatic carbocycles. The van der Waals surface area contributed by atoms with Crippen molar-refractivity contribution in [3.63, 3.8) is 0 Å². The molecule has 4 saturated carbocycles. The summed E-state index contributed by atoms with van der Waals surface area (Å²) in [5, 5.41) is 11.5. The van der Waals surface area contributed by atoms with E-state index in [-0.39, 0.29) is 5.79 Å². The van der Waals surface area contributed by atoms with Crippen molar-refractivity contribution >= 4 is 6.08 Å². The monoisotopic (exact) mass is 464 g/mol. The van der Waals surface area contributed by atoms with Crippen molar-refractivity contribution in [1.29, 1.82) is 0 Å². The molecule has 5 aliphatic rings. The third-order valence-electron chi connectivity index (χ3n) is 11.6. The van der Waals surface area contributed by atoms with Gasteiger partial charge in [0.2, 0.25) is 0 Å². The molecule has 0 unspecified atom stereocenters. The zero-order valence-electron chi connectivity index (χ0n) is 21.5. The first kappa shape index (κ1) is 23.3. The molecule has 0 bridgehead atoms. The molecule has 1 aromatic rings. The molecule has 0 spiro atoms. The van der Waals surface area contributed by atoms with Gasteiger partial charge in [0, 0.05) is 5.92 Å². The smallest absolute Gasteiger partial charge is 0.169 e. The van der Waals surface area contributed by atoms with E-state index in [2.05, 4.69) is 57.2 Å². The Hall–Kier alpha value is -1.16. The Morgan fingerprint density at radius 3 is 2.32 bits per heavy atom. The molecular formula is C31H44O3. The Labute approximate surface area is 206 Å². The van der Waals surface area contributed by atoms with E-state index >= 15 is 0 Å². The van der Waals surface area contributed by atoms with Gasteiger partial charge in [-0.05, 0) is 105 Å². The first-order chi connectivity index (χ1) is 16.3. The SMILES string of the molecule is CC1([C@H]2CC[C@H]3[C@@H]4CC[C@H]5C[C@@](O)(/C=C/c6ccccc6)CC[C@]5(C)[C@H]4CC[C@]23C)OCCO1. The predicted molar refractivity (Wildman–Crippen MR) is 136 cm³/mol. The lowest BCUT2D eigenvalue weighted by Gasteiger charge is -2.62. The Morgan fingerprint density at radius 1 is 0.824 bits per heavy atom. The van der Waals surface area contributed by atoms with Crippen LogP contribution in [0.2, 0.25) is 0 Å². The minimum absolute atomic E-state index is 0.345. The molecule has 0 radical (unpaired) electrons. The van der Waals surface area contributed by atoms with Gasteiger partial charge in [-0.2, -0.15) is 0 Å². The molecule has 8 atom stereocenters. The number of hydrogen-bond acceptors (Lipinski definition) is 3. The maximum Gasteiger partial charge on any atom is 0.169 e. The van der Waals surface area contributed by atoms with Crippen LogP contribution in [0.1, 0.15) is 84.1 Å². The second-order valence-electron chi connectivity index (χ2n) is 13.1. The minimum atomic E-state index is -0.653. The zero-order chi connectivity index (χ0) is 23.6. The van der Waals surface area contributed by atoms with Crippen LogP contribution in [-0.4, -0.2) is 29.7 Å². The molecule has 1 saturated heterocycles. The summed E-state index contributed by atoms with van der Waals surface area (Å²) in [4.78, 5) is 0. The number of ether oxygens (including phenoxy) is 2. The molecule has 1 heterocycles. The molecule has 0 aromatic heterocycles. The minimum Gasteiger partial charge on any atom is -0.386 e. The van der Waals surface area contributed by atoms with E-state index in [4.69, 9.17) is 9.47 Å². The quantitative estimate of drug-likeness (QED) is 0.531. The molecule has 3 nitrogen and oxygen atoms in total. The van der Waals surface area contributed by atoms with Gasteiger partial charge < -0.3 is 14.6 Å². The second-order valence-corrected chi connectivity index (χ2v) is 13.1. The third kappa shape index (κ3) is 3.56. The van der Waals surface area contributed by atoms with Gasteiger partial charge >= 0.3 is 0 Å². The first-order valence-corrected chi connectivity index (χ1v) is 14.0. The number of aliphatic hydroxyl groups is 1. The molecule has 6 rings (SSSR count). The van der Waals surface area contributed by atoms with Gasteiger partial charge in [-0.1, -0.05) is 56.3 Å². The molecule has 4 aliphatic carbocycles. The van der Waals surface area contributed by atoms with Crippen LogP contribution in [0.3, 0.4) is 0 Å². The Bertz CT molecular complexity index is 920. The molecule has 186 valence electrons. The lowest BCUT2D eigenvalue weighted by atomic mass is 9.43. The molecule has 5 fully saturated rings. The van der Waals surface area contributed by atoms with Crippen molar-refractivity contribution in [3.8, 4) is 0 Å². The average molecular weight is 465 g/mol. The highest BCUT2D eigenvalue weighted by atomic mass is 16.7. The zero-order valence-corrected chi connectivity index (χ0v) is 21.5. The highest BCUT2D eigenvalue weighted by Gasteiger charge is 2.64. The number of hydrogen-bond donors (Lipinski definition) is 1. The molecule has 1 N–H and O–H groups in total. The topological polar surface area (TPSA) is 38.7 Å². The van der Waals surface area contributed by atoms with E-state index in [1.807, 2.05) is 6.07 Å². The lowest BCUT2D eigenvalue weighted by molar-refractivity contribution is -0.219. The van der Waals surface area contributed by atoms with Gasteiger partial charge in [0.25, 0.3) is 0 Å². The summed E-state index contributed by atoms with van der Waals surface area (Å²) in [7, 11) is 0. The van der Waals surface area contributed by atoms with Gasteiger partial charge in [-0.3, -0.25) is 0 Å². The van der Waals surface area contributed by atoms with E-state index in [0.29, 0.717) is 22.7 Å². The fourth-order valence-corrected chi connectivity index (χ4v) is 9.83. The fourth-order valence-electron chi connectivity index (χ4n) is 9.83. The highest BCUT2D eigenvalue weighted by molar-refractivity contribution is 5.50. The summed E-state index contributed by atoms with van der Waals surface area (Å²) in [6.45, 7) is 8.88. The summed E-state index contributed by atoms with van der Waals surface area (Å²) < 4.78 is 12.4. The van der Waals surface area contributed by atoms with Crippen molar-refractivity contribution in [3.05, 3.63) is 42.0 Å². The van der Waals surface area contributed by atoms with Crippen molar-refractivity contribution in [2.75, 3.05) is 13.2 Å². The van der Waals surface area contributed by atoms with Gasteiger partial charge in [0.05, 0.1) is 18.8 Å². The largest absolute Gasteiger partial charge is 0.386 e. The Kier molecular flexibility index (Phi) is 5.59. The second kappa shape index (κ2) is 8.18. The number of rotatable bonds is 3. The maximum absolute atomic E-state index is 11.5. The normalized spacial score (nSPS) is 47.8. The van der Waals surface area contributed by atoms with E-state index in [9.17, 15) is 5.11 Å². The van der Waals surface area contributed by atoms with Crippen LogP contribution in [-0.2, 0) is 9.47 Å². The van der Waals surface area contributed by atoms with Gasteiger partial charge in [0.1, 0.15) is 0 Å². The van der Waals surface area contributed by atoms with Gasteiger partial charge in [0.15, 0.2) is 5.79 Å². The van der Waals surface area contributed by atoms with E-state index in [0.717, 1.165) is 50.2 Å². The van der Waals surface area contributed by atoms with Crippen LogP contribution in [0.4, 0.5) is 0 Å². The molecule has 3 heteroatoms. The van der Waals surface area contributed by atoms with Crippen LogP contribution < -0.4 is 0 Å². The van der Waals surface area contributed by atoms with E-state index in [1.165, 1.54) is 44.1 Å². The predicted octanol–water partition coefficient (Wildman–Crippen LogP) is 6.85. The van der Waals surface area contributed by atoms with Crippen molar-refractivity contribution in [2.24, 2.45) is 40.4 Å². The van der Waals surface area contributed by atoms with Crippen LogP contribution in [0.25, 0.3) is 6.08 Å². The van der Waals surface area contributed by atoms with Crippen LogP contribution >= 0.6 is 0 Å². The molecular weight excluding hydrogens is 420 g/mol. The summed E-state index contributed by atoms with van der Waals surface area (Å²) in [6.07, 6.45) is 15.1. The van der Waals surface area contributed by atoms with E-state index in [1.54, 1.807) is 0 Å².